The van der Waals surface area contributed by atoms with E-state index in [1.807, 2.05) is 36.1 Å². The summed E-state index contributed by atoms with van der Waals surface area (Å²) in [6.45, 7) is 4.08. The Labute approximate surface area is 127 Å². The molecule has 0 unspecified atom stereocenters. The molecule has 3 heterocycles. The van der Waals surface area contributed by atoms with Crippen LogP contribution in [0.1, 0.15) is 11.3 Å². The molecule has 0 saturated carbocycles. The summed E-state index contributed by atoms with van der Waals surface area (Å²) in [5.74, 6) is 0.857. The Hall–Kier alpha value is -2.95. The minimum atomic E-state index is 0.857. The lowest BCUT2D eigenvalue weighted by Crippen LogP contribution is -1.93. The van der Waals surface area contributed by atoms with Crippen LogP contribution < -0.4 is 0 Å². The number of hydrogen-bond donors (Lipinski definition) is 1. The molecule has 0 fully saturated rings. The number of rotatable bonds is 2. The number of nitrogens with zero attached hydrogens (tertiary/aromatic N) is 4. The van der Waals surface area contributed by atoms with Crippen molar-refractivity contribution >= 4 is 11.0 Å². The summed E-state index contributed by atoms with van der Waals surface area (Å²) in [6.07, 6.45) is 7.39. The van der Waals surface area contributed by atoms with E-state index in [0.29, 0.717) is 0 Å². The third-order valence-electron chi connectivity index (χ3n) is 3.74. The van der Waals surface area contributed by atoms with Crippen molar-refractivity contribution in [1.29, 1.82) is 0 Å². The molecule has 0 aliphatic carbocycles. The molecule has 0 saturated heterocycles. The van der Waals surface area contributed by atoms with E-state index in [-0.39, 0.29) is 0 Å². The van der Waals surface area contributed by atoms with Gasteiger partial charge in [-0.25, -0.2) is 9.97 Å². The van der Waals surface area contributed by atoms with E-state index in [1.54, 1.807) is 12.4 Å². The normalized spacial score (nSPS) is 11.2. The number of nitrogens with one attached hydrogen (secondary N) is 1. The van der Waals surface area contributed by atoms with E-state index in [4.69, 9.17) is 4.98 Å². The molecule has 0 amide bonds. The minimum Gasteiger partial charge on any atom is -0.338 e. The first-order valence-electron chi connectivity index (χ1n) is 7.12. The van der Waals surface area contributed by atoms with Crippen LogP contribution in [0.3, 0.4) is 0 Å². The van der Waals surface area contributed by atoms with E-state index in [1.165, 1.54) is 5.56 Å². The van der Waals surface area contributed by atoms with Gasteiger partial charge in [-0.05, 0) is 43.7 Å². The predicted octanol–water partition coefficient (Wildman–Crippen LogP) is 3.43. The number of aromatic amines is 1. The van der Waals surface area contributed by atoms with Gasteiger partial charge in [0.1, 0.15) is 5.82 Å². The topological polar surface area (TPSA) is 59.4 Å². The highest BCUT2D eigenvalue weighted by Gasteiger charge is 2.09. The SMILES string of the molecule is Cc1cn(-c2cc3nc(-c4ccncc4)[nH]c3cc2C)cn1. The number of pyridine rings is 1. The van der Waals surface area contributed by atoms with Crippen molar-refractivity contribution in [3.05, 3.63) is 60.4 Å². The summed E-state index contributed by atoms with van der Waals surface area (Å²) in [5.41, 5.74) is 6.28. The maximum Gasteiger partial charge on any atom is 0.138 e. The molecule has 0 atom stereocenters. The highest BCUT2D eigenvalue weighted by molar-refractivity contribution is 5.82. The van der Waals surface area contributed by atoms with E-state index >= 15 is 0 Å². The zero-order valence-corrected chi connectivity index (χ0v) is 12.4. The van der Waals surface area contributed by atoms with Gasteiger partial charge in [-0.2, -0.15) is 0 Å². The smallest absolute Gasteiger partial charge is 0.138 e. The standard InChI is InChI=1S/C17H15N5/c1-11-7-14-15(8-16(11)22-9-12(2)19-10-22)21-17(20-14)13-3-5-18-6-4-13/h3-10H,1-2H3,(H,20,21). The van der Waals surface area contributed by atoms with Gasteiger partial charge in [0, 0.05) is 24.2 Å². The van der Waals surface area contributed by atoms with Crippen LogP contribution in [-0.2, 0) is 0 Å². The van der Waals surface area contributed by atoms with Crippen LogP contribution in [-0.4, -0.2) is 24.5 Å². The van der Waals surface area contributed by atoms with Gasteiger partial charge in [-0.15, -0.1) is 0 Å². The fourth-order valence-electron chi connectivity index (χ4n) is 2.63. The maximum absolute atomic E-state index is 4.70. The van der Waals surface area contributed by atoms with Gasteiger partial charge in [0.2, 0.25) is 0 Å². The summed E-state index contributed by atoms with van der Waals surface area (Å²) in [4.78, 5) is 16.4. The van der Waals surface area contributed by atoms with Crippen molar-refractivity contribution in [2.75, 3.05) is 0 Å². The molecule has 5 nitrogen and oxygen atoms in total. The number of aryl methyl sites for hydroxylation is 2. The molecule has 4 rings (SSSR count). The van der Waals surface area contributed by atoms with Gasteiger partial charge in [0.25, 0.3) is 0 Å². The van der Waals surface area contributed by atoms with Crippen molar-refractivity contribution in [3.8, 4) is 17.1 Å². The lowest BCUT2D eigenvalue weighted by molar-refractivity contribution is 1.04. The largest absolute Gasteiger partial charge is 0.338 e. The van der Waals surface area contributed by atoms with E-state index in [0.717, 1.165) is 33.8 Å². The number of hydrogen-bond acceptors (Lipinski definition) is 3. The third-order valence-corrected chi connectivity index (χ3v) is 3.74. The fourth-order valence-corrected chi connectivity index (χ4v) is 2.63. The van der Waals surface area contributed by atoms with Gasteiger partial charge in [0.05, 0.1) is 28.7 Å². The molecule has 0 aliphatic rings. The first-order valence-corrected chi connectivity index (χ1v) is 7.12. The molecular formula is C17H15N5. The Morgan fingerprint density at radius 1 is 1.09 bits per heavy atom. The summed E-state index contributed by atoms with van der Waals surface area (Å²) >= 11 is 0. The summed E-state index contributed by atoms with van der Waals surface area (Å²) in [5, 5.41) is 0. The third kappa shape index (κ3) is 2.07. The highest BCUT2D eigenvalue weighted by atomic mass is 15.0. The van der Waals surface area contributed by atoms with Crippen molar-refractivity contribution < 1.29 is 0 Å². The van der Waals surface area contributed by atoms with E-state index in [9.17, 15) is 0 Å². The van der Waals surface area contributed by atoms with Crippen molar-refractivity contribution in [2.24, 2.45) is 0 Å². The molecule has 22 heavy (non-hydrogen) atoms. The molecule has 0 spiro atoms. The molecule has 1 aromatic carbocycles. The van der Waals surface area contributed by atoms with Gasteiger partial charge in [-0.1, -0.05) is 0 Å². The predicted molar refractivity (Wildman–Crippen MR) is 85.9 cm³/mol. The Morgan fingerprint density at radius 3 is 2.64 bits per heavy atom. The van der Waals surface area contributed by atoms with Gasteiger partial charge in [0.15, 0.2) is 0 Å². The zero-order valence-electron chi connectivity index (χ0n) is 12.4. The second kappa shape index (κ2) is 4.80. The first-order chi connectivity index (χ1) is 10.7. The van der Waals surface area contributed by atoms with Crippen LogP contribution in [0.5, 0.6) is 0 Å². The quantitative estimate of drug-likeness (QED) is 0.615. The number of imidazole rings is 2. The van der Waals surface area contributed by atoms with Crippen LogP contribution in [0.25, 0.3) is 28.1 Å². The van der Waals surface area contributed by atoms with Crippen molar-refractivity contribution in [1.82, 2.24) is 24.5 Å². The zero-order chi connectivity index (χ0) is 15.1. The number of benzene rings is 1. The summed E-state index contributed by atoms with van der Waals surface area (Å²) in [7, 11) is 0. The van der Waals surface area contributed by atoms with Crippen LogP contribution in [0.15, 0.2) is 49.2 Å². The Bertz CT molecular complexity index is 950. The fraction of sp³-hybridized carbons (Fsp3) is 0.118. The summed E-state index contributed by atoms with van der Waals surface area (Å²) < 4.78 is 2.03. The highest BCUT2D eigenvalue weighted by Crippen LogP contribution is 2.24. The lowest BCUT2D eigenvalue weighted by atomic mass is 10.1. The molecule has 3 aromatic heterocycles. The number of fused-ring (bicyclic) bond motifs is 1. The number of H-pyrrole nitrogens is 1. The van der Waals surface area contributed by atoms with Crippen LogP contribution in [0, 0.1) is 13.8 Å². The monoisotopic (exact) mass is 289 g/mol. The molecule has 4 aromatic rings. The van der Waals surface area contributed by atoms with Gasteiger partial charge >= 0.3 is 0 Å². The van der Waals surface area contributed by atoms with Crippen LogP contribution in [0.2, 0.25) is 0 Å². The second-order valence-corrected chi connectivity index (χ2v) is 5.40. The minimum absolute atomic E-state index is 0.857. The molecule has 0 bridgehead atoms. The van der Waals surface area contributed by atoms with Crippen molar-refractivity contribution in [3.63, 3.8) is 0 Å². The average Bonchev–Trinajstić information content (AvgIpc) is 3.13. The average molecular weight is 289 g/mol. The Balaban J connectivity index is 1.87. The molecular weight excluding hydrogens is 274 g/mol. The van der Waals surface area contributed by atoms with Crippen LogP contribution >= 0.6 is 0 Å². The maximum atomic E-state index is 4.70. The van der Waals surface area contributed by atoms with Crippen LogP contribution in [0.4, 0.5) is 0 Å². The first kappa shape index (κ1) is 12.8. The molecule has 5 heteroatoms. The Morgan fingerprint density at radius 2 is 1.91 bits per heavy atom. The lowest BCUT2D eigenvalue weighted by Gasteiger charge is -2.06. The van der Waals surface area contributed by atoms with Gasteiger partial charge in [-0.3, -0.25) is 4.98 Å². The molecule has 0 aliphatic heterocycles. The molecule has 0 radical (unpaired) electrons. The van der Waals surface area contributed by atoms with E-state index < -0.39 is 0 Å². The van der Waals surface area contributed by atoms with Gasteiger partial charge < -0.3 is 9.55 Å². The molecule has 108 valence electrons. The summed E-state index contributed by atoms with van der Waals surface area (Å²) in [6, 6.07) is 8.11. The Kier molecular flexibility index (Phi) is 2.79. The number of aromatic nitrogens is 5. The van der Waals surface area contributed by atoms with E-state index in [2.05, 4.69) is 34.0 Å². The van der Waals surface area contributed by atoms with Crippen molar-refractivity contribution in [2.45, 2.75) is 13.8 Å². The second-order valence-electron chi connectivity index (χ2n) is 5.40. The molecule has 1 N–H and O–H groups in total.